The number of anilines is 1. The second-order valence-electron chi connectivity index (χ2n) is 7.77. The highest BCUT2D eigenvalue weighted by atomic mass is 16.5. The van der Waals surface area contributed by atoms with Gasteiger partial charge in [0.15, 0.2) is 0 Å². The highest BCUT2D eigenvalue weighted by Crippen LogP contribution is 2.30. The molecule has 2 fully saturated rings. The van der Waals surface area contributed by atoms with Gasteiger partial charge in [0.2, 0.25) is 0 Å². The highest BCUT2D eigenvalue weighted by molar-refractivity contribution is 5.94. The van der Waals surface area contributed by atoms with Crippen molar-refractivity contribution in [3.63, 3.8) is 0 Å². The zero-order chi connectivity index (χ0) is 20.1. The Hall–Kier alpha value is -2.12. The number of nitrogens with zero attached hydrogens (tertiary/aromatic N) is 4. The molecule has 2 amide bonds. The maximum Gasteiger partial charge on any atom is 0.340 e. The van der Waals surface area contributed by atoms with Crippen LogP contribution in [-0.2, 0) is 9.53 Å². The van der Waals surface area contributed by atoms with E-state index in [1.807, 2.05) is 52.2 Å². The van der Waals surface area contributed by atoms with E-state index in [0.29, 0.717) is 19.0 Å². The number of hydrogen-bond donors (Lipinski definition) is 0. The largest absolute Gasteiger partial charge is 0.469 e. The third-order valence-corrected chi connectivity index (χ3v) is 5.94. The van der Waals surface area contributed by atoms with Crippen LogP contribution in [0.2, 0.25) is 0 Å². The number of carbonyl (C=O) groups is 2. The molecule has 1 atom stereocenters. The second kappa shape index (κ2) is 9.39. The van der Waals surface area contributed by atoms with Crippen molar-refractivity contribution in [1.82, 2.24) is 14.9 Å². The summed E-state index contributed by atoms with van der Waals surface area (Å²) in [4.78, 5) is 29.1. The monoisotopic (exact) mass is 388 g/mol. The van der Waals surface area contributed by atoms with Crippen LogP contribution in [0, 0.1) is 5.92 Å². The molecule has 1 aromatic rings. The Morgan fingerprint density at radius 2 is 1.82 bits per heavy atom. The van der Waals surface area contributed by atoms with Gasteiger partial charge in [-0.25, -0.2) is 4.79 Å². The van der Waals surface area contributed by atoms with Crippen molar-refractivity contribution in [3.8, 4) is 0 Å². The van der Waals surface area contributed by atoms with E-state index in [-0.39, 0.29) is 24.6 Å². The molecule has 0 aromatic heterocycles. The van der Waals surface area contributed by atoms with Crippen LogP contribution in [0.5, 0.6) is 0 Å². The van der Waals surface area contributed by atoms with Crippen molar-refractivity contribution in [2.45, 2.75) is 38.8 Å². The van der Waals surface area contributed by atoms with Gasteiger partial charge in [0.1, 0.15) is 6.17 Å². The lowest BCUT2D eigenvalue weighted by atomic mass is 9.94. The minimum absolute atomic E-state index is 0.0171. The molecule has 7 heteroatoms. The Morgan fingerprint density at radius 3 is 2.46 bits per heavy atom. The van der Waals surface area contributed by atoms with Crippen LogP contribution < -0.4 is 4.90 Å². The molecule has 28 heavy (non-hydrogen) atoms. The summed E-state index contributed by atoms with van der Waals surface area (Å²) >= 11 is 0. The van der Waals surface area contributed by atoms with Gasteiger partial charge in [-0.05, 0) is 64.4 Å². The molecule has 0 N–H and O–H groups in total. The van der Waals surface area contributed by atoms with Crippen LogP contribution >= 0.6 is 0 Å². The van der Waals surface area contributed by atoms with Crippen molar-refractivity contribution in [2.24, 2.45) is 5.92 Å². The fourth-order valence-electron chi connectivity index (χ4n) is 4.14. The molecule has 2 saturated heterocycles. The molecule has 2 aliphatic rings. The van der Waals surface area contributed by atoms with Gasteiger partial charge in [0.05, 0.1) is 13.5 Å². The average molecular weight is 389 g/mol. The number of para-hydroxylation sites is 1. The van der Waals surface area contributed by atoms with E-state index in [1.54, 1.807) is 0 Å². The van der Waals surface area contributed by atoms with Crippen LogP contribution in [0.25, 0.3) is 0 Å². The maximum atomic E-state index is 13.3. The van der Waals surface area contributed by atoms with E-state index in [2.05, 4.69) is 11.9 Å². The quantitative estimate of drug-likeness (QED) is 0.673. The predicted octanol–water partition coefficient (Wildman–Crippen LogP) is 2.79. The van der Waals surface area contributed by atoms with Gasteiger partial charge in [0.25, 0.3) is 0 Å². The van der Waals surface area contributed by atoms with Gasteiger partial charge in [-0.1, -0.05) is 18.2 Å². The van der Waals surface area contributed by atoms with E-state index in [0.717, 1.165) is 25.2 Å². The van der Waals surface area contributed by atoms with Crippen LogP contribution in [0.3, 0.4) is 0 Å². The van der Waals surface area contributed by atoms with Crippen molar-refractivity contribution < 1.29 is 14.3 Å². The molecule has 2 heterocycles. The fourth-order valence-corrected chi connectivity index (χ4v) is 4.14. The molecule has 1 unspecified atom stereocenters. The van der Waals surface area contributed by atoms with Crippen molar-refractivity contribution in [1.29, 1.82) is 0 Å². The maximum absolute atomic E-state index is 13.3. The lowest BCUT2D eigenvalue weighted by molar-refractivity contribution is -0.141. The first kappa shape index (κ1) is 20.6. The van der Waals surface area contributed by atoms with Crippen LogP contribution in [0.15, 0.2) is 30.3 Å². The first-order chi connectivity index (χ1) is 13.5. The Bertz CT molecular complexity index is 661. The molecule has 2 aliphatic heterocycles. The Labute approximate surface area is 167 Å². The first-order valence-electron chi connectivity index (χ1n) is 10.2. The molecule has 3 rings (SSSR count). The standard InChI is InChI=1S/C21H32N4O3/c1-17-23(16-12-20(26)28-3)24(15-11-18-9-13-22(2)14-10-18)21(27)25(17)19-7-5-4-6-8-19/h4-8,17-18H,9-16H2,1-3H3. The average Bonchev–Trinajstić information content (AvgIpc) is 2.95. The van der Waals surface area contributed by atoms with Gasteiger partial charge in [-0.3, -0.25) is 14.7 Å². The summed E-state index contributed by atoms with van der Waals surface area (Å²) in [5.74, 6) is 0.389. The van der Waals surface area contributed by atoms with Crippen LogP contribution in [-0.4, -0.2) is 73.4 Å². The van der Waals surface area contributed by atoms with Crippen LogP contribution in [0.4, 0.5) is 10.5 Å². The molecule has 154 valence electrons. The molecule has 0 aliphatic carbocycles. The fraction of sp³-hybridized carbons (Fsp3) is 0.619. The lowest BCUT2D eigenvalue weighted by Gasteiger charge is -2.32. The highest BCUT2D eigenvalue weighted by Gasteiger charge is 2.42. The molecule has 0 bridgehead atoms. The normalized spacial score (nSPS) is 22.1. The van der Waals surface area contributed by atoms with Gasteiger partial charge in [-0.2, -0.15) is 5.01 Å². The van der Waals surface area contributed by atoms with Crippen molar-refractivity contribution >= 4 is 17.7 Å². The number of likely N-dealkylation sites (tertiary alicyclic amines) is 1. The number of benzene rings is 1. The van der Waals surface area contributed by atoms with E-state index in [1.165, 1.54) is 20.0 Å². The zero-order valence-corrected chi connectivity index (χ0v) is 17.2. The van der Waals surface area contributed by atoms with Gasteiger partial charge in [-0.15, -0.1) is 0 Å². The second-order valence-corrected chi connectivity index (χ2v) is 7.77. The van der Waals surface area contributed by atoms with E-state index in [9.17, 15) is 9.59 Å². The summed E-state index contributed by atoms with van der Waals surface area (Å²) in [5.41, 5.74) is 0.879. The Kier molecular flexibility index (Phi) is 6.91. The molecule has 0 spiro atoms. The summed E-state index contributed by atoms with van der Waals surface area (Å²) in [6.45, 7) is 5.41. The number of hydrazine groups is 1. The number of esters is 1. The molecule has 0 radical (unpaired) electrons. The predicted molar refractivity (Wildman–Crippen MR) is 109 cm³/mol. The summed E-state index contributed by atoms with van der Waals surface area (Å²) in [6, 6.07) is 9.71. The zero-order valence-electron chi connectivity index (χ0n) is 17.2. The minimum Gasteiger partial charge on any atom is -0.469 e. The number of carbonyl (C=O) groups excluding carboxylic acids is 2. The molecule has 7 nitrogen and oxygen atoms in total. The molecular weight excluding hydrogens is 356 g/mol. The van der Waals surface area contributed by atoms with Crippen LogP contribution in [0.1, 0.15) is 32.6 Å². The van der Waals surface area contributed by atoms with E-state index >= 15 is 0 Å². The number of urea groups is 1. The number of methoxy groups -OCH3 is 1. The van der Waals surface area contributed by atoms with E-state index in [4.69, 9.17) is 4.74 Å². The molecule has 0 saturated carbocycles. The topological polar surface area (TPSA) is 56.3 Å². The third kappa shape index (κ3) is 4.64. The summed E-state index contributed by atoms with van der Waals surface area (Å²) < 4.78 is 4.80. The SMILES string of the molecule is COC(=O)CCN1C(C)N(c2ccccc2)C(=O)N1CCC1CCN(C)CC1. The van der Waals surface area contributed by atoms with E-state index < -0.39 is 0 Å². The van der Waals surface area contributed by atoms with Gasteiger partial charge in [0, 0.05) is 18.8 Å². The molecule has 1 aromatic carbocycles. The van der Waals surface area contributed by atoms with Crippen molar-refractivity contribution in [3.05, 3.63) is 30.3 Å². The number of rotatable bonds is 7. The minimum atomic E-state index is -0.256. The Morgan fingerprint density at radius 1 is 1.14 bits per heavy atom. The summed E-state index contributed by atoms with van der Waals surface area (Å²) in [7, 11) is 3.56. The summed E-state index contributed by atoms with van der Waals surface area (Å²) in [5, 5.41) is 3.85. The first-order valence-corrected chi connectivity index (χ1v) is 10.2. The molecular formula is C21H32N4O3. The summed E-state index contributed by atoms with van der Waals surface area (Å²) in [6.07, 6.45) is 3.47. The number of amides is 2. The lowest BCUT2D eigenvalue weighted by Crippen LogP contribution is -2.44. The van der Waals surface area contributed by atoms with Crippen molar-refractivity contribution in [2.75, 3.05) is 45.2 Å². The number of piperidine rings is 1. The number of ether oxygens (including phenoxy) is 1. The van der Waals surface area contributed by atoms with Gasteiger partial charge < -0.3 is 9.64 Å². The Balaban J connectivity index is 1.71. The smallest absolute Gasteiger partial charge is 0.340 e. The van der Waals surface area contributed by atoms with Gasteiger partial charge >= 0.3 is 12.0 Å². The number of hydrogen-bond acceptors (Lipinski definition) is 5. The third-order valence-electron chi connectivity index (χ3n) is 5.94.